The number of hydrogen-bond acceptors (Lipinski definition) is 2. The molecular formula is C16H20N2. The lowest BCUT2D eigenvalue weighted by Crippen LogP contribution is -2.31. The van der Waals surface area contributed by atoms with E-state index in [4.69, 9.17) is 5.73 Å². The molecule has 0 bridgehead atoms. The third-order valence-electron chi connectivity index (χ3n) is 2.96. The minimum absolute atomic E-state index is 0.133. The molecule has 0 aliphatic carbocycles. The molecular weight excluding hydrogens is 220 g/mol. The molecule has 3 N–H and O–H groups in total. The van der Waals surface area contributed by atoms with E-state index in [1.54, 1.807) is 0 Å². The third kappa shape index (κ3) is 3.90. The minimum atomic E-state index is 0.133. The minimum Gasteiger partial charge on any atom is -0.383 e. The summed E-state index contributed by atoms with van der Waals surface area (Å²) in [6.07, 6.45) is 0.902. The van der Waals surface area contributed by atoms with Crippen molar-refractivity contribution in [2.75, 3.05) is 11.9 Å². The first kappa shape index (κ1) is 12.7. The Hall–Kier alpha value is -1.80. The molecule has 0 amide bonds. The van der Waals surface area contributed by atoms with Crippen LogP contribution in [-0.2, 0) is 6.42 Å². The first-order valence-electron chi connectivity index (χ1n) is 6.34. The zero-order chi connectivity index (χ0) is 12.8. The fourth-order valence-corrected chi connectivity index (χ4v) is 1.91. The molecule has 2 nitrogen and oxygen atoms in total. The summed E-state index contributed by atoms with van der Waals surface area (Å²) < 4.78 is 0. The quantitative estimate of drug-likeness (QED) is 0.843. The molecule has 0 unspecified atom stereocenters. The fourth-order valence-electron chi connectivity index (χ4n) is 1.91. The molecule has 18 heavy (non-hydrogen) atoms. The highest BCUT2D eigenvalue weighted by molar-refractivity contribution is 5.44. The van der Waals surface area contributed by atoms with Crippen LogP contribution in [0.15, 0.2) is 54.6 Å². The SMILES string of the molecule is Cc1ccc(NC[C@@H](N)Cc2ccccc2)cc1. The van der Waals surface area contributed by atoms with Gasteiger partial charge in [0.1, 0.15) is 0 Å². The van der Waals surface area contributed by atoms with E-state index in [0.29, 0.717) is 0 Å². The van der Waals surface area contributed by atoms with Gasteiger partial charge in [-0.1, -0.05) is 48.0 Å². The van der Waals surface area contributed by atoms with Gasteiger partial charge < -0.3 is 11.1 Å². The van der Waals surface area contributed by atoms with Crippen LogP contribution in [0.2, 0.25) is 0 Å². The van der Waals surface area contributed by atoms with Crippen molar-refractivity contribution >= 4 is 5.69 Å². The van der Waals surface area contributed by atoms with Crippen LogP contribution in [0, 0.1) is 6.92 Å². The van der Waals surface area contributed by atoms with E-state index in [1.807, 2.05) is 6.07 Å². The Morgan fingerprint density at radius 2 is 1.67 bits per heavy atom. The Balaban J connectivity index is 1.81. The molecule has 0 heterocycles. The summed E-state index contributed by atoms with van der Waals surface area (Å²) in [4.78, 5) is 0. The lowest BCUT2D eigenvalue weighted by molar-refractivity contribution is 0.699. The maximum atomic E-state index is 6.12. The summed E-state index contributed by atoms with van der Waals surface area (Å²) in [5, 5.41) is 3.37. The van der Waals surface area contributed by atoms with E-state index in [-0.39, 0.29) is 6.04 Å². The van der Waals surface area contributed by atoms with Crippen molar-refractivity contribution in [1.82, 2.24) is 0 Å². The zero-order valence-corrected chi connectivity index (χ0v) is 10.8. The van der Waals surface area contributed by atoms with E-state index in [1.165, 1.54) is 11.1 Å². The molecule has 94 valence electrons. The van der Waals surface area contributed by atoms with Crippen LogP contribution in [-0.4, -0.2) is 12.6 Å². The Bertz CT molecular complexity index is 462. The van der Waals surface area contributed by atoms with Crippen molar-refractivity contribution in [3.63, 3.8) is 0 Å². The van der Waals surface area contributed by atoms with Crippen molar-refractivity contribution in [2.24, 2.45) is 5.73 Å². The van der Waals surface area contributed by atoms with Gasteiger partial charge in [-0.2, -0.15) is 0 Å². The van der Waals surface area contributed by atoms with Gasteiger partial charge in [-0.3, -0.25) is 0 Å². The molecule has 0 spiro atoms. The molecule has 1 atom stereocenters. The lowest BCUT2D eigenvalue weighted by Gasteiger charge is -2.14. The number of hydrogen-bond donors (Lipinski definition) is 2. The van der Waals surface area contributed by atoms with Crippen LogP contribution in [0.25, 0.3) is 0 Å². The summed E-state index contributed by atoms with van der Waals surface area (Å²) in [7, 11) is 0. The number of benzene rings is 2. The molecule has 0 aliphatic rings. The largest absolute Gasteiger partial charge is 0.383 e. The molecule has 2 aromatic carbocycles. The number of nitrogens with two attached hydrogens (primary N) is 1. The Morgan fingerprint density at radius 3 is 2.33 bits per heavy atom. The molecule has 0 aromatic heterocycles. The highest BCUT2D eigenvalue weighted by atomic mass is 14.9. The second-order valence-corrected chi connectivity index (χ2v) is 4.70. The standard InChI is InChI=1S/C16H20N2/c1-13-7-9-16(10-8-13)18-12-15(17)11-14-5-3-2-4-6-14/h2-10,15,18H,11-12,17H2,1H3/t15-/m0/s1. The first-order chi connectivity index (χ1) is 8.74. The summed E-state index contributed by atoms with van der Waals surface area (Å²) >= 11 is 0. The molecule has 0 saturated carbocycles. The van der Waals surface area contributed by atoms with Gasteiger partial charge in [0, 0.05) is 18.3 Å². The second kappa shape index (κ2) is 6.22. The Kier molecular flexibility index (Phi) is 4.37. The van der Waals surface area contributed by atoms with Crippen LogP contribution in [0.3, 0.4) is 0 Å². The average molecular weight is 240 g/mol. The fraction of sp³-hybridized carbons (Fsp3) is 0.250. The molecule has 0 saturated heterocycles. The van der Waals surface area contributed by atoms with E-state index in [2.05, 4.69) is 60.8 Å². The topological polar surface area (TPSA) is 38.0 Å². The first-order valence-corrected chi connectivity index (χ1v) is 6.34. The second-order valence-electron chi connectivity index (χ2n) is 4.70. The highest BCUT2D eigenvalue weighted by Gasteiger charge is 2.03. The number of nitrogens with one attached hydrogen (secondary N) is 1. The van der Waals surface area contributed by atoms with E-state index in [0.717, 1.165) is 18.7 Å². The van der Waals surface area contributed by atoms with Crippen LogP contribution in [0.5, 0.6) is 0 Å². The van der Waals surface area contributed by atoms with E-state index >= 15 is 0 Å². The van der Waals surface area contributed by atoms with Crippen molar-refractivity contribution in [2.45, 2.75) is 19.4 Å². The average Bonchev–Trinajstić information content (AvgIpc) is 2.39. The smallest absolute Gasteiger partial charge is 0.0340 e. The molecule has 2 rings (SSSR count). The molecule has 2 aromatic rings. The van der Waals surface area contributed by atoms with Crippen LogP contribution in [0.4, 0.5) is 5.69 Å². The number of aryl methyl sites for hydroxylation is 1. The third-order valence-corrected chi connectivity index (χ3v) is 2.96. The van der Waals surface area contributed by atoms with Gasteiger partial charge in [0.15, 0.2) is 0 Å². The van der Waals surface area contributed by atoms with Gasteiger partial charge in [0.2, 0.25) is 0 Å². The van der Waals surface area contributed by atoms with Gasteiger partial charge in [0.05, 0.1) is 0 Å². The van der Waals surface area contributed by atoms with Gasteiger partial charge in [-0.15, -0.1) is 0 Å². The van der Waals surface area contributed by atoms with Gasteiger partial charge in [-0.25, -0.2) is 0 Å². The van der Waals surface area contributed by atoms with Crippen LogP contribution in [0.1, 0.15) is 11.1 Å². The van der Waals surface area contributed by atoms with Gasteiger partial charge in [-0.05, 0) is 31.0 Å². The molecule has 0 fully saturated rings. The predicted molar refractivity (Wildman–Crippen MR) is 77.8 cm³/mol. The van der Waals surface area contributed by atoms with Crippen molar-refractivity contribution < 1.29 is 0 Å². The Morgan fingerprint density at radius 1 is 1.00 bits per heavy atom. The van der Waals surface area contributed by atoms with E-state index in [9.17, 15) is 0 Å². The maximum absolute atomic E-state index is 6.12. The summed E-state index contributed by atoms with van der Waals surface area (Å²) in [6.45, 7) is 2.88. The predicted octanol–water partition coefficient (Wildman–Crippen LogP) is 2.98. The number of rotatable bonds is 5. The molecule has 0 radical (unpaired) electrons. The summed E-state index contributed by atoms with van der Waals surface area (Å²) in [5.41, 5.74) is 9.81. The molecule has 0 aliphatic heterocycles. The van der Waals surface area contributed by atoms with Gasteiger partial charge >= 0.3 is 0 Å². The maximum Gasteiger partial charge on any atom is 0.0340 e. The van der Waals surface area contributed by atoms with Crippen molar-refractivity contribution in [3.8, 4) is 0 Å². The lowest BCUT2D eigenvalue weighted by atomic mass is 10.1. The zero-order valence-electron chi connectivity index (χ0n) is 10.8. The Labute approximate surface area is 109 Å². The normalized spacial score (nSPS) is 12.1. The highest BCUT2D eigenvalue weighted by Crippen LogP contribution is 2.09. The molecule has 2 heteroatoms. The van der Waals surface area contributed by atoms with Crippen molar-refractivity contribution in [3.05, 3.63) is 65.7 Å². The van der Waals surface area contributed by atoms with Crippen LogP contribution < -0.4 is 11.1 Å². The van der Waals surface area contributed by atoms with Crippen LogP contribution >= 0.6 is 0 Å². The number of anilines is 1. The summed E-state index contributed by atoms with van der Waals surface area (Å²) in [5.74, 6) is 0. The monoisotopic (exact) mass is 240 g/mol. The van der Waals surface area contributed by atoms with E-state index < -0.39 is 0 Å². The summed E-state index contributed by atoms with van der Waals surface area (Å²) in [6, 6.07) is 18.9. The van der Waals surface area contributed by atoms with Gasteiger partial charge in [0.25, 0.3) is 0 Å². The van der Waals surface area contributed by atoms with Crippen molar-refractivity contribution in [1.29, 1.82) is 0 Å².